The molecule has 0 unspecified atom stereocenters. The summed E-state index contributed by atoms with van der Waals surface area (Å²) in [6.07, 6.45) is 3.59. The molecular weight excluding hydrogens is 316 g/mol. The Balaban J connectivity index is 1.95. The van der Waals surface area contributed by atoms with Gasteiger partial charge in [-0.15, -0.1) is 0 Å². The number of methoxy groups -OCH3 is 1. The molecule has 2 amide bonds. The molecule has 0 radical (unpaired) electrons. The standard InChI is InChI=1S/C16H14N2O4S/c1-17-8-10(11-5-3-4-6-12(11)17)7-13-15(20)18(16(21)23-13)9-14(19)22-2/h3-8H,9H2,1-2H3/b13-7+. The van der Waals surface area contributed by atoms with Crippen molar-refractivity contribution >= 4 is 45.9 Å². The van der Waals surface area contributed by atoms with Gasteiger partial charge in [-0.25, -0.2) is 0 Å². The Morgan fingerprint density at radius 1 is 1.30 bits per heavy atom. The molecule has 1 saturated heterocycles. The number of nitrogens with zero attached hydrogens (tertiary/aromatic N) is 2. The average Bonchev–Trinajstić information content (AvgIpc) is 3.00. The normalized spacial score (nSPS) is 16.6. The highest BCUT2D eigenvalue weighted by Gasteiger charge is 2.36. The van der Waals surface area contributed by atoms with E-state index in [2.05, 4.69) is 4.74 Å². The predicted octanol–water partition coefficient (Wildman–Crippen LogP) is 2.39. The number of esters is 1. The van der Waals surface area contributed by atoms with Crippen molar-refractivity contribution in [3.8, 4) is 0 Å². The number of benzene rings is 1. The topological polar surface area (TPSA) is 68.6 Å². The quantitative estimate of drug-likeness (QED) is 0.638. The molecule has 1 aliphatic heterocycles. The number of aryl methyl sites for hydroxylation is 1. The summed E-state index contributed by atoms with van der Waals surface area (Å²) in [5, 5.41) is 0.529. The molecule has 0 bridgehead atoms. The van der Waals surface area contributed by atoms with Gasteiger partial charge in [-0.1, -0.05) is 18.2 Å². The van der Waals surface area contributed by atoms with E-state index in [1.165, 1.54) is 7.11 Å². The first-order chi connectivity index (χ1) is 11.0. The van der Waals surface area contributed by atoms with E-state index >= 15 is 0 Å². The number of rotatable bonds is 3. The van der Waals surface area contributed by atoms with Crippen molar-refractivity contribution in [2.24, 2.45) is 7.05 Å². The first-order valence-corrected chi connectivity index (χ1v) is 7.69. The summed E-state index contributed by atoms with van der Waals surface area (Å²) in [6, 6.07) is 7.80. The number of fused-ring (bicyclic) bond motifs is 1. The van der Waals surface area contributed by atoms with Gasteiger partial charge in [0.1, 0.15) is 6.54 Å². The maximum Gasteiger partial charge on any atom is 0.325 e. The van der Waals surface area contributed by atoms with Gasteiger partial charge in [0.25, 0.3) is 11.1 Å². The number of thioether (sulfide) groups is 1. The lowest BCUT2D eigenvalue weighted by molar-refractivity contribution is -0.143. The van der Waals surface area contributed by atoms with E-state index in [-0.39, 0.29) is 6.54 Å². The molecule has 0 atom stereocenters. The second kappa shape index (κ2) is 5.92. The van der Waals surface area contributed by atoms with Gasteiger partial charge in [-0.05, 0) is 23.9 Å². The van der Waals surface area contributed by atoms with Crippen molar-refractivity contribution in [1.82, 2.24) is 9.47 Å². The fourth-order valence-corrected chi connectivity index (χ4v) is 3.29. The Morgan fingerprint density at radius 3 is 2.78 bits per heavy atom. The summed E-state index contributed by atoms with van der Waals surface area (Å²) in [6.45, 7) is -0.367. The largest absolute Gasteiger partial charge is 0.468 e. The average molecular weight is 330 g/mol. The lowest BCUT2D eigenvalue weighted by atomic mass is 10.1. The number of hydrogen-bond acceptors (Lipinski definition) is 5. The van der Waals surface area contributed by atoms with Crippen molar-refractivity contribution in [2.75, 3.05) is 13.7 Å². The van der Waals surface area contributed by atoms with Gasteiger partial charge in [-0.3, -0.25) is 19.3 Å². The molecule has 7 heteroatoms. The molecule has 118 valence electrons. The van der Waals surface area contributed by atoms with Crippen LogP contribution in [0.25, 0.3) is 17.0 Å². The third-order valence-electron chi connectivity index (χ3n) is 3.60. The molecule has 6 nitrogen and oxygen atoms in total. The minimum Gasteiger partial charge on any atom is -0.468 e. The zero-order chi connectivity index (χ0) is 16.6. The number of carbonyl (C=O) groups is 3. The number of para-hydroxylation sites is 1. The summed E-state index contributed by atoms with van der Waals surface area (Å²) in [5.41, 5.74) is 1.89. The molecule has 2 aromatic rings. The molecule has 1 aromatic carbocycles. The fourth-order valence-electron chi connectivity index (χ4n) is 2.46. The van der Waals surface area contributed by atoms with Crippen LogP contribution in [0.3, 0.4) is 0 Å². The van der Waals surface area contributed by atoms with Gasteiger partial charge in [-0.2, -0.15) is 0 Å². The van der Waals surface area contributed by atoms with E-state index in [0.717, 1.165) is 33.1 Å². The van der Waals surface area contributed by atoms with Crippen LogP contribution in [0.1, 0.15) is 5.56 Å². The Bertz CT molecular complexity index is 853. The second-order valence-corrected chi connectivity index (χ2v) is 6.05. The van der Waals surface area contributed by atoms with Crippen LogP contribution in [0.5, 0.6) is 0 Å². The maximum absolute atomic E-state index is 12.3. The summed E-state index contributed by atoms with van der Waals surface area (Å²) in [5.74, 6) is -1.10. The van der Waals surface area contributed by atoms with E-state index in [4.69, 9.17) is 0 Å². The number of aromatic nitrogens is 1. The van der Waals surface area contributed by atoms with Crippen LogP contribution in [-0.4, -0.2) is 40.2 Å². The summed E-state index contributed by atoms with van der Waals surface area (Å²) < 4.78 is 6.46. The Morgan fingerprint density at radius 2 is 2.04 bits per heavy atom. The second-order valence-electron chi connectivity index (χ2n) is 5.06. The maximum atomic E-state index is 12.3. The minimum atomic E-state index is -0.626. The van der Waals surface area contributed by atoms with Gasteiger partial charge in [0.2, 0.25) is 0 Å². The third kappa shape index (κ3) is 2.75. The van der Waals surface area contributed by atoms with Crippen molar-refractivity contribution in [3.63, 3.8) is 0 Å². The van der Waals surface area contributed by atoms with Gasteiger partial charge in [0, 0.05) is 29.7 Å². The highest BCUT2D eigenvalue weighted by atomic mass is 32.2. The van der Waals surface area contributed by atoms with Crippen LogP contribution in [0.15, 0.2) is 35.4 Å². The van der Waals surface area contributed by atoms with Gasteiger partial charge in [0.05, 0.1) is 12.0 Å². The molecule has 23 heavy (non-hydrogen) atoms. The molecule has 3 rings (SSSR count). The van der Waals surface area contributed by atoms with Crippen LogP contribution in [0.2, 0.25) is 0 Å². The first kappa shape index (κ1) is 15.4. The molecule has 1 fully saturated rings. The predicted molar refractivity (Wildman–Crippen MR) is 87.6 cm³/mol. The molecule has 1 aliphatic rings. The van der Waals surface area contributed by atoms with E-state index < -0.39 is 17.1 Å². The van der Waals surface area contributed by atoms with Crippen molar-refractivity contribution in [2.45, 2.75) is 0 Å². The van der Waals surface area contributed by atoms with Crippen LogP contribution < -0.4 is 0 Å². The summed E-state index contributed by atoms with van der Waals surface area (Å²) in [4.78, 5) is 36.7. The van der Waals surface area contributed by atoms with E-state index in [1.54, 1.807) is 6.08 Å². The molecule has 1 aromatic heterocycles. The Labute approximate surface area is 136 Å². The molecule has 0 spiro atoms. The Hall–Kier alpha value is -2.54. The monoisotopic (exact) mass is 330 g/mol. The van der Waals surface area contributed by atoms with Crippen LogP contribution >= 0.6 is 11.8 Å². The van der Waals surface area contributed by atoms with E-state index in [0.29, 0.717) is 4.91 Å². The van der Waals surface area contributed by atoms with E-state index in [9.17, 15) is 14.4 Å². The molecule has 0 N–H and O–H groups in total. The Kier molecular flexibility index (Phi) is 3.96. The van der Waals surface area contributed by atoms with Gasteiger partial charge >= 0.3 is 5.97 Å². The highest BCUT2D eigenvalue weighted by molar-refractivity contribution is 8.18. The molecule has 2 heterocycles. The van der Waals surface area contributed by atoms with Gasteiger partial charge in [0.15, 0.2) is 0 Å². The third-order valence-corrected chi connectivity index (χ3v) is 4.51. The molecular formula is C16H14N2O4S. The minimum absolute atomic E-state index is 0.301. The van der Waals surface area contributed by atoms with Crippen molar-refractivity contribution < 1.29 is 19.1 Å². The van der Waals surface area contributed by atoms with Crippen LogP contribution in [0.4, 0.5) is 4.79 Å². The number of carbonyl (C=O) groups excluding carboxylic acids is 3. The zero-order valence-electron chi connectivity index (χ0n) is 12.6. The molecule has 0 aliphatic carbocycles. The van der Waals surface area contributed by atoms with E-state index in [1.807, 2.05) is 42.1 Å². The SMILES string of the molecule is COC(=O)CN1C(=O)S/C(=C/c2cn(C)c3ccccc23)C1=O. The fraction of sp³-hybridized carbons (Fsp3) is 0.188. The number of ether oxygens (including phenoxy) is 1. The number of imide groups is 1. The molecule has 0 saturated carbocycles. The smallest absolute Gasteiger partial charge is 0.325 e. The number of hydrogen-bond donors (Lipinski definition) is 0. The van der Waals surface area contributed by atoms with Gasteiger partial charge < -0.3 is 9.30 Å². The summed E-state index contributed by atoms with van der Waals surface area (Å²) in [7, 11) is 3.13. The zero-order valence-corrected chi connectivity index (χ0v) is 13.4. The van der Waals surface area contributed by atoms with Crippen molar-refractivity contribution in [1.29, 1.82) is 0 Å². The highest BCUT2D eigenvalue weighted by Crippen LogP contribution is 2.33. The number of amides is 2. The summed E-state index contributed by atoms with van der Waals surface area (Å²) >= 11 is 0.828. The lowest BCUT2D eigenvalue weighted by Gasteiger charge is -2.09. The van der Waals surface area contributed by atoms with Crippen LogP contribution in [-0.2, 0) is 21.4 Å². The lowest BCUT2D eigenvalue weighted by Crippen LogP contribution is -2.34. The first-order valence-electron chi connectivity index (χ1n) is 6.87. The van der Waals surface area contributed by atoms with Crippen LogP contribution in [0, 0.1) is 0 Å². The van der Waals surface area contributed by atoms with Crippen molar-refractivity contribution in [3.05, 3.63) is 40.9 Å².